The second-order valence-corrected chi connectivity index (χ2v) is 6.07. The van der Waals surface area contributed by atoms with Crippen LogP contribution in [0.2, 0.25) is 0 Å². The molecule has 6 N–H and O–H groups in total. The van der Waals surface area contributed by atoms with Crippen molar-refractivity contribution in [2.75, 3.05) is 36.4 Å². The van der Waals surface area contributed by atoms with E-state index in [1.54, 1.807) is 12.1 Å². The molecule has 8 nitrogen and oxygen atoms in total. The molecule has 1 aliphatic heterocycles. The molecule has 1 fully saturated rings. The topological polar surface area (TPSA) is 119 Å². The number of carbonyl (C=O) groups is 1. The van der Waals surface area contributed by atoms with Crippen LogP contribution >= 0.6 is 0 Å². The number of nitrogens with one attached hydrogen (secondary N) is 3. The van der Waals surface area contributed by atoms with E-state index in [2.05, 4.69) is 15.5 Å². The number of nitrogens with zero attached hydrogens (tertiary/aromatic N) is 2. The number of piperidine rings is 1. The Balaban J connectivity index is 1.97. The van der Waals surface area contributed by atoms with Crippen LogP contribution < -0.4 is 26.8 Å². The van der Waals surface area contributed by atoms with Crippen molar-refractivity contribution in [3.63, 3.8) is 0 Å². The van der Waals surface area contributed by atoms with Gasteiger partial charge in [0.25, 0.3) is 0 Å². The quantitative estimate of drug-likeness (QED) is 0.382. The average molecular weight is 336 g/mol. The molecule has 0 spiro atoms. The van der Waals surface area contributed by atoms with E-state index in [1.165, 1.54) is 6.42 Å². The zero-order valence-electron chi connectivity index (χ0n) is 14.1. The number of rotatable bonds is 7. The summed E-state index contributed by atoms with van der Waals surface area (Å²) in [4.78, 5) is 14.1. The van der Waals surface area contributed by atoms with Crippen LogP contribution in [0.15, 0.2) is 12.1 Å². The summed E-state index contributed by atoms with van der Waals surface area (Å²) in [6.45, 7) is 3.08. The summed E-state index contributed by atoms with van der Waals surface area (Å²) in [7, 11) is 0. The summed E-state index contributed by atoms with van der Waals surface area (Å²) in [6, 6.07) is 2.93. The molecule has 1 aromatic rings. The van der Waals surface area contributed by atoms with Crippen LogP contribution in [0.4, 0.5) is 16.3 Å². The number of hydrogen-bond donors (Lipinski definition) is 5. The molecule has 0 radical (unpaired) electrons. The second kappa shape index (κ2) is 9.17. The van der Waals surface area contributed by atoms with Crippen LogP contribution in [0.1, 0.15) is 38.5 Å². The minimum Gasteiger partial charge on any atom is -0.425 e. The molecule has 0 unspecified atom stereocenters. The van der Waals surface area contributed by atoms with E-state index in [-0.39, 0.29) is 17.3 Å². The zero-order chi connectivity index (χ0) is 17.4. The molecule has 134 valence electrons. The van der Waals surface area contributed by atoms with Gasteiger partial charge in [-0.05, 0) is 38.6 Å². The zero-order valence-corrected chi connectivity index (χ0v) is 14.1. The summed E-state index contributed by atoms with van der Waals surface area (Å²) in [5.41, 5.74) is 6.22. The number of anilines is 2. The Morgan fingerprint density at radius 1 is 1.21 bits per heavy atom. The van der Waals surface area contributed by atoms with Crippen molar-refractivity contribution in [2.45, 2.75) is 38.5 Å². The monoisotopic (exact) mass is 336 g/mol. The molecule has 2 rings (SSSR count). The van der Waals surface area contributed by atoms with Gasteiger partial charge in [-0.2, -0.15) is 4.73 Å². The van der Waals surface area contributed by atoms with E-state index in [1.807, 2.05) is 0 Å². The van der Waals surface area contributed by atoms with Gasteiger partial charge >= 0.3 is 6.03 Å². The third-order valence-corrected chi connectivity index (χ3v) is 4.15. The van der Waals surface area contributed by atoms with Crippen LogP contribution in [-0.2, 0) is 0 Å². The number of carbonyl (C=O) groups excluding carboxylic acids is 1. The van der Waals surface area contributed by atoms with Gasteiger partial charge in [-0.1, -0.05) is 6.42 Å². The number of hydrogen-bond acceptors (Lipinski definition) is 5. The Labute approximate surface area is 142 Å². The Morgan fingerprint density at radius 3 is 2.67 bits per heavy atom. The maximum absolute atomic E-state index is 12.0. The highest BCUT2D eigenvalue weighted by atomic mass is 16.5. The summed E-state index contributed by atoms with van der Waals surface area (Å²) >= 11 is 0. The lowest BCUT2D eigenvalue weighted by Crippen LogP contribution is -2.34. The van der Waals surface area contributed by atoms with Crippen molar-refractivity contribution in [1.29, 1.82) is 5.41 Å². The molecule has 0 bridgehead atoms. The van der Waals surface area contributed by atoms with Gasteiger partial charge < -0.3 is 21.2 Å². The smallest absolute Gasteiger partial charge is 0.320 e. The average Bonchev–Trinajstić information content (AvgIpc) is 2.59. The lowest BCUT2D eigenvalue weighted by atomic mass is 10.1. The third-order valence-electron chi connectivity index (χ3n) is 4.15. The molecule has 2 amide bonds. The summed E-state index contributed by atoms with van der Waals surface area (Å²) in [5.74, 6) is 0.197. The highest BCUT2D eigenvalue weighted by Gasteiger charge is 2.14. The molecule has 2 heterocycles. The summed E-state index contributed by atoms with van der Waals surface area (Å²) in [6.07, 6.45) is 6.23. The highest BCUT2D eigenvalue weighted by molar-refractivity contribution is 5.88. The molecule has 0 atom stereocenters. The second-order valence-electron chi connectivity index (χ2n) is 6.07. The normalized spacial score (nSPS) is 14.5. The predicted octanol–water partition coefficient (Wildman–Crippen LogP) is 1.45. The van der Waals surface area contributed by atoms with Gasteiger partial charge in [0, 0.05) is 37.5 Å². The van der Waals surface area contributed by atoms with Crippen molar-refractivity contribution in [1.82, 2.24) is 10.0 Å². The molecule has 24 heavy (non-hydrogen) atoms. The molecule has 1 aromatic heterocycles. The number of aromatic nitrogens is 1. The van der Waals surface area contributed by atoms with Crippen LogP contribution in [0.5, 0.6) is 0 Å². The maximum atomic E-state index is 12.0. The van der Waals surface area contributed by atoms with Crippen molar-refractivity contribution >= 4 is 17.5 Å². The summed E-state index contributed by atoms with van der Waals surface area (Å²) < 4.78 is 0.682. The highest BCUT2D eigenvalue weighted by Crippen LogP contribution is 2.21. The van der Waals surface area contributed by atoms with Crippen LogP contribution in [0.25, 0.3) is 0 Å². The minimum atomic E-state index is -0.388. The van der Waals surface area contributed by atoms with Crippen LogP contribution in [0.3, 0.4) is 0 Å². The molecule has 8 heteroatoms. The fourth-order valence-corrected chi connectivity index (χ4v) is 2.81. The summed E-state index contributed by atoms with van der Waals surface area (Å²) in [5, 5.41) is 23.2. The lowest BCUT2D eigenvalue weighted by Gasteiger charge is -2.29. The van der Waals surface area contributed by atoms with E-state index in [4.69, 9.17) is 11.1 Å². The predicted molar refractivity (Wildman–Crippen MR) is 93.5 cm³/mol. The van der Waals surface area contributed by atoms with Crippen molar-refractivity contribution in [2.24, 2.45) is 5.73 Å². The fourth-order valence-electron chi connectivity index (χ4n) is 2.81. The first-order valence-electron chi connectivity index (χ1n) is 8.62. The Bertz CT molecular complexity index is 595. The largest absolute Gasteiger partial charge is 0.425 e. The van der Waals surface area contributed by atoms with Crippen LogP contribution in [0, 0.1) is 5.41 Å². The first-order chi connectivity index (χ1) is 11.6. The van der Waals surface area contributed by atoms with Gasteiger partial charge in [-0.25, -0.2) is 4.79 Å². The van der Waals surface area contributed by atoms with E-state index in [9.17, 15) is 10.0 Å². The molecular formula is C16H28N6O2. The van der Waals surface area contributed by atoms with Crippen molar-refractivity contribution < 1.29 is 10.0 Å². The third kappa shape index (κ3) is 5.16. The van der Waals surface area contributed by atoms with E-state index in [0.717, 1.165) is 50.9 Å². The number of unbranched alkanes of at least 4 members (excludes halogenated alkanes) is 2. The minimum absolute atomic E-state index is 0.0590. The molecule has 1 saturated heterocycles. The van der Waals surface area contributed by atoms with Gasteiger partial charge in [-0.15, -0.1) is 0 Å². The van der Waals surface area contributed by atoms with E-state index in [0.29, 0.717) is 17.8 Å². The van der Waals surface area contributed by atoms with Gasteiger partial charge in [0.2, 0.25) is 0 Å². The number of amides is 2. The molecule has 0 saturated carbocycles. The molecular weight excluding hydrogens is 308 g/mol. The van der Waals surface area contributed by atoms with Gasteiger partial charge in [0.1, 0.15) is 0 Å². The maximum Gasteiger partial charge on any atom is 0.320 e. The first kappa shape index (κ1) is 18.1. The number of nitrogens with two attached hydrogens (primary N) is 1. The SMILES string of the molecule is N=c1cc(N2CCCCC2)cc(NC(=O)NCCCCCN)n1O. The van der Waals surface area contributed by atoms with Crippen molar-refractivity contribution in [3.8, 4) is 0 Å². The van der Waals surface area contributed by atoms with Crippen molar-refractivity contribution in [3.05, 3.63) is 17.6 Å². The fraction of sp³-hybridized carbons (Fsp3) is 0.625. The number of urea groups is 1. The Kier molecular flexibility index (Phi) is 6.92. The Morgan fingerprint density at radius 2 is 1.96 bits per heavy atom. The van der Waals surface area contributed by atoms with Crippen LogP contribution in [-0.4, -0.2) is 42.1 Å². The van der Waals surface area contributed by atoms with Gasteiger partial charge in [-0.3, -0.25) is 10.7 Å². The molecule has 1 aliphatic rings. The van der Waals surface area contributed by atoms with Gasteiger partial charge in [0.15, 0.2) is 11.3 Å². The first-order valence-corrected chi connectivity index (χ1v) is 8.62. The number of pyridine rings is 1. The standard InChI is InChI=1S/C16H28N6O2/c17-7-3-1-4-8-19-16(23)20-15-12-13(11-14(18)22(15)24)21-9-5-2-6-10-21/h11-12,18,24H,1-10,17H2,(H2,19,20,23). The van der Waals surface area contributed by atoms with E-state index < -0.39 is 0 Å². The molecule has 0 aliphatic carbocycles. The van der Waals surface area contributed by atoms with Gasteiger partial charge in [0.05, 0.1) is 0 Å². The Hall–Kier alpha value is -2.22. The van der Waals surface area contributed by atoms with E-state index >= 15 is 0 Å². The molecule has 0 aromatic carbocycles. The lowest BCUT2D eigenvalue weighted by molar-refractivity contribution is 0.176.